The number of hydrogen-bond donors (Lipinski definition) is 1. The smallest absolute Gasteiger partial charge is 0.410 e. The van der Waals surface area contributed by atoms with Crippen molar-refractivity contribution in [2.45, 2.75) is 58.6 Å². The normalized spacial score (nSPS) is 17.1. The number of ether oxygens (including phenoxy) is 1. The molecule has 7 nitrogen and oxygen atoms in total. The van der Waals surface area contributed by atoms with E-state index in [0.29, 0.717) is 11.0 Å². The molecule has 2 aliphatic heterocycles. The SMILES string of the molecule is CC(C)(C)OC(=O)N1CCC2(CCN(Cc3ccc(-c4ccc5c(Nc6ccc7scnc7c6)ccnc5c4)c(F)c3)CC2)CC1. The van der Waals surface area contributed by atoms with Gasteiger partial charge in [0, 0.05) is 48.2 Å². The van der Waals surface area contributed by atoms with Crippen LogP contribution >= 0.6 is 11.3 Å². The van der Waals surface area contributed by atoms with Crippen LogP contribution in [-0.2, 0) is 11.3 Å². The molecule has 0 aliphatic carbocycles. The van der Waals surface area contributed by atoms with Crippen LogP contribution in [0.5, 0.6) is 0 Å². The second-order valence-corrected chi connectivity index (χ2v) is 14.7. The molecule has 46 heavy (non-hydrogen) atoms. The van der Waals surface area contributed by atoms with Crippen LogP contribution in [0, 0.1) is 11.2 Å². The number of pyridine rings is 1. The highest BCUT2D eigenvalue weighted by Crippen LogP contribution is 2.42. The molecule has 3 aromatic carbocycles. The summed E-state index contributed by atoms with van der Waals surface area (Å²) in [6, 6.07) is 19.7. The molecule has 7 rings (SSSR count). The molecule has 1 spiro atoms. The highest BCUT2D eigenvalue weighted by atomic mass is 32.1. The Morgan fingerprint density at radius 3 is 2.48 bits per heavy atom. The van der Waals surface area contributed by atoms with Gasteiger partial charge in [0.15, 0.2) is 0 Å². The first-order chi connectivity index (χ1) is 22.1. The number of fused-ring (bicyclic) bond motifs is 2. The van der Waals surface area contributed by atoms with Crippen molar-refractivity contribution < 1.29 is 13.9 Å². The Morgan fingerprint density at radius 1 is 0.935 bits per heavy atom. The maximum absolute atomic E-state index is 15.5. The van der Waals surface area contributed by atoms with Gasteiger partial charge in [-0.2, -0.15) is 0 Å². The molecule has 1 N–H and O–H groups in total. The summed E-state index contributed by atoms with van der Waals surface area (Å²) in [4.78, 5) is 25.8. The zero-order chi connectivity index (χ0) is 31.9. The van der Waals surface area contributed by atoms with E-state index in [-0.39, 0.29) is 11.9 Å². The van der Waals surface area contributed by atoms with Gasteiger partial charge in [-0.15, -0.1) is 11.3 Å². The first-order valence-electron chi connectivity index (χ1n) is 16.1. The van der Waals surface area contributed by atoms with E-state index < -0.39 is 5.60 Å². The quantitative estimate of drug-likeness (QED) is 0.207. The Bertz CT molecular complexity index is 1880. The predicted octanol–water partition coefficient (Wildman–Crippen LogP) is 9.01. The summed E-state index contributed by atoms with van der Waals surface area (Å²) in [5.74, 6) is -0.217. The van der Waals surface area contributed by atoms with Crippen LogP contribution in [0.15, 0.2) is 72.4 Å². The molecular weight excluding hydrogens is 598 g/mol. The average molecular weight is 638 g/mol. The van der Waals surface area contributed by atoms with Gasteiger partial charge in [0.2, 0.25) is 0 Å². The number of aromatic nitrogens is 2. The molecule has 2 aliphatic rings. The second-order valence-electron chi connectivity index (χ2n) is 13.8. The van der Waals surface area contributed by atoms with E-state index >= 15 is 4.39 Å². The average Bonchev–Trinajstić information content (AvgIpc) is 3.50. The number of rotatable bonds is 5. The number of hydrogen-bond acceptors (Lipinski definition) is 7. The third-order valence-electron chi connectivity index (χ3n) is 9.50. The van der Waals surface area contributed by atoms with Gasteiger partial charge in [-0.1, -0.05) is 24.3 Å². The summed E-state index contributed by atoms with van der Waals surface area (Å²) in [6.07, 6.45) is 5.83. The van der Waals surface area contributed by atoms with Crippen molar-refractivity contribution in [2.75, 3.05) is 31.5 Å². The van der Waals surface area contributed by atoms with E-state index in [1.165, 1.54) is 0 Å². The molecule has 0 radical (unpaired) electrons. The lowest BCUT2D eigenvalue weighted by molar-refractivity contribution is -0.00313. The van der Waals surface area contributed by atoms with Crippen molar-refractivity contribution in [1.82, 2.24) is 19.8 Å². The van der Waals surface area contributed by atoms with Crippen molar-refractivity contribution in [2.24, 2.45) is 5.41 Å². The first kappa shape index (κ1) is 30.6. The number of anilines is 2. The second kappa shape index (κ2) is 12.3. The summed E-state index contributed by atoms with van der Waals surface area (Å²) in [5.41, 5.74) is 7.73. The van der Waals surface area contributed by atoms with E-state index in [1.807, 2.05) is 73.6 Å². The van der Waals surface area contributed by atoms with Crippen molar-refractivity contribution in [3.8, 4) is 11.1 Å². The van der Waals surface area contributed by atoms with Gasteiger partial charge >= 0.3 is 6.09 Å². The summed E-state index contributed by atoms with van der Waals surface area (Å²) in [5, 5.41) is 4.48. The molecule has 9 heteroatoms. The van der Waals surface area contributed by atoms with Gasteiger partial charge < -0.3 is 15.0 Å². The molecule has 2 fully saturated rings. The molecule has 2 saturated heterocycles. The van der Waals surface area contributed by atoms with Crippen LogP contribution in [-0.4, -0.2) is 57.6 Å². The van der Waals surface area contributed by atoms with Gasteiger partial charge in [-0.3, -0.25) is 9.88 Å². The predicted molar refractivity (Wildman–Crippen MR) is 184 cm³/mol. The number of piperidine rings is 2. The van der Waals surface area contributed by atoms with Crippen LogP contribution in [0.4, 0.5) is 20.6 Å². The fourth-order valence-electron chi connectivity index (χ4n) is 6.84. The maximum Gasteiger partial charge on any atom is 0.410 e. The number of amides is 1. The molecule has 2 aromatic heterocycles. The fourth-order valence-corrected chi connectivity index (χ4v) is 7.50. The number of thiazole rings is 1. The highest BCUT2D eigenvalue weighted by molar-refractivity contribution is 7.16. The highest BCUT2D eigenvalue weighted by Gasteiger charge is 2.39. The lowest BCUT2D eigenvalue weighted by Crippen LogP contribution is -2.49. The lowest BCUT2D eigenvalue weighted by Gasteiger charge is -2.46. The van der Waals surface area contributed by atoms with E-state index in [4.69, 9.17) is 4.74 Å². The number of benzene rings is 3. The molecule has 1 amide bonds. The van der Waals surface area contributed by atoms with Crippen molar-refractivity contribution >= 4 is 49.9 Å². The molecule has 4 heterocycles. The van der Waals surface area contributed by atoms with Crippen LogP contribution in [0.3, 0.4) is 0 Å². The van der Waals surface area contributed by atoms with Gasteiger partial charge in [0.05, 0.1) is 21.2 Å². The van der Waals surface area contributed by atoms with Gasteiger partial charge in [0.1, 0.15) is 11.4 Å². The summed E-state index contributed by atoms with van der Waals surface area (Å²) in [7, 11) is 0. The Labute approximate surface area is 273 Å². The molecule has 0 unspecified atom stereocenters. The van der Waals surface area contributed by atoms with E-state index in [1.54, 1.807) is 23.6 Å². The third-order valence-corrected chi connectivity index (χ3v) is 10.3. The van der Waals surface area contributed by atoms with E-state index in [2.05, 4.69) is 32.3 Å². The Hall–Kier alpha value is -4.08. The number of carbonyl (C=O) groups excluding carboxylic acids is 1. The van der Waals surface area contributed by atoms with Crippen molar-refractivity contribution in [1.29, 1.82) is 0 Å². The van der Waals surface area contributed by atoms with Gasteiger partial charge in [-0.05, 0) is 112 Å². The monoisotopic (exact) mass is 637 g/mol. The minimum Gasteiger partial charge on any atom is -0.444 e. The number of halogens is 1. The number of nitrogens with one attached hydrogen (secondary N) is 1. The van der Waals surface area contributed by atoms with E-state index in [9.17, 15) is 4.79 Å². The zero-order valence-electron chi connectivity index (χ0n) is 26.7. The molecule has 0 atom stereocenters. The summed E-state index contributed by atoms with van der Waals surface area (Å²) >= 11 is 1.63. The Morgan fingerprint density at radius 2 is 1.72 bits per heavy atom. The van der Waals surface area contributed by atoms with Gasteiger partial charge in [0.25, 0.3) is 0 Å². The first-order valence-corrected chi connectivity index (χ1v) is 17.0. The Balaban J connectivity index is 0.976. The van der Waals surface area contributed by atoms with Gasteiger partial charge in [-0.25, -0.2) is 14.2 Å². The minimum absolute atomic E-state index is 0.201. The molecular formula is C37H40FN5O2S. The number of carbonyl (C=O) groups is 1. The molecule has 0 saturated carbocycles. The van der Waals surface area contributed by atoms with Crippen molar-refractivity contribution in [3.05, 3.63) is 83.8 Å². The molecule has 0 bridgehead atoms. The van der Waals surface area contributed by atoms with Crippen LogP contribution in [0.1, 0.15) is 52.0 Å². The number of likely N-dealkylation sites (tertiary alicyclic amines) is 2. The maximum atomic E-state index is 15.5. The van der Waals surface area contributed by atoms with Crippen LogP contribution in [0.25, 0.3) is 32.2 Å². The molecule has 5 aromatic rings. The fraction of sp³-hybridized carbons (Fsp3) is 0.378. The molecule has 238 valence electrons. The van der Waals surface area contributed by atoms with Crippen molar-refractivity contribution in [3.63, 3.8) is 0 Å². The minimum atomic E-state index is -0.470. The largest absolute Gasteiger partial charge is 0.444 e. The zero-order valence-corrected chi connectivity index (χ0v) is 27.5. The topological polar surface area (TPSA) is 70.6 Å². The van der Waals surface area contributed by atoms with E-state index in [0.717, 1.165) is 102 Å². The summed E-state index contributed by atoms with van der Waals surface area (Å²) < 4.78 is 22.3. The van der Waals surface area contributed by atoms with Crippen LogP contribution in [0.2, 0.25) is 0 Å². The standard InChI is InChI=1S/C37H40FN5O2S/c1-36(2,3)45-35(44)43-18-13-37(14-19-43)11-16-42(17-12-37)23-25-4-7-28(30(38)20-25)26-5-8-29-31(10-15-39-32(29)21-26)41-27-6-9-34-33(22-27)40-24-46-34/h4-10,15,20-22,24H,11-14,16-19,23H2,1-3H3,(H,39,41). The Kier molecular flexibility index (Phi) is 8.15. The third kappa shape index (κ3) is 6.57. The lowest BCUT2D eigenvalue weighted by atomic mass is 9.71. The summed E-state index contributed by atoms with van der Waals surface area (Å²) in [6.45, 7) is 9.95. The number of nitrogens with zero attached hydrogens (tertiary/aromatic N) is 4. The van der Waals surface area contributed by atoms with Crippen LogP contribution < -0.4 is 5.32 Å².